The number of rotatable bonds is 7. The molecule has 0 bridgehead atoms. The zero-order chi connectivity index (χ0) is 16.7. The summed E-state index contributed by atoms with van der Waals surface area (Å²) in [5.41, 5.74) is 1.00. The summed E-state index contributed by atoms with van der Waals surface area (Å²) in [7, 11) is 1.60. The maximum atomic E-state index is 11.6. The fourth-order valence-electron chi connectivity index (χ4n) is 2.06. The van der Waals surface area contributed by atoms with E-state index in [0.717, 1.165) is 11.3 Å². The third kappa shape index (κ3) is 5.18. The van der Waals surface area contributed by atoms with Gasteiger partial charge in [-0.15, -0.1) is 0 Å². The van der Waals surface area contributed by atoms with E-state index >= 15 is 0 Å². The van der Waals surface area contributed by atoms with Crippen molar-refractivity contribution in [1.82, 2.24) is 5.32 Å². The summed E-state index contributed by atoms with van der Waals surface area (Å²) < 4.78 is 11.4. The Balaban J connectivity index is 1.92. The third-order valence-electron chi connectivity index (χ3n) is 3.31. The molecule has 0 aliphatic rings. The molecule has 1 amide bonds. The van der Waals surface area contributed by atoms with E-state index in [9.17, 15) is 4.79 Å². The molecule has 2 aromatic rings. The summed E-state index contributed by atoms with van der Waals surface area (Å²) in [6.07, 6.45) is 0.116. The van der Waals surface area contributed by atoms with E-state index in [1.807, 2.05) is 43.3 Å². The number of amides is 1. The van der Waals surface area contributed by atoms with Gasteiger partial charge in [-0.1, -0.05) is 30.7 Å². The van der Waals surface area contributed by atoms with E-state index in [0.29, 0.717) is 23.8 Å². The molecule has 0 aliphatic heterocycles. The Bertz CT molecular complexity index is 643. The SMILES string of the molecule is CC[C@@H](Oc1ccc(OCc2cccc(Cl)c2)cc1)C(=O)NC. The number of halogens is 1. The van der Waals surface area contributed by atoms with E-state index in [-0.39, 0.29) is 5.91 Å². The van der Waals surface area contributed by atoms with Crippen LogP contribution in [0.2, 0.25) is 5.02 Å². The van der Waals surface area contributed by atoms with Crippen molar-refractivity contribution < 1.29 is 14.3 Å². The zero-order valence-corrected chi connectivity index (χ0v) is 14.0. The Morgan fingerprint density at radius 1 is 1.17 bits per heavy atom. The van der Waals surface area contributed by atoms with Crippen LogP contribution in [0, 0.1) is 0 Å². The zero-order valence-electron chi connectivity index (χ0n) is 13.2. The highest BCUT2D eigenvalue weighted by atomic mass is 35.5. The van der Waals surface area contributed by atoms with Gasteiger partial charge in [-0.2, -0.15) is 0 Å². The highest BCUT2D eigenvalue weighted by Gasteiger charge is 2.16. The maximum absolute atomic E-state index is 11.6. The quantitative estimate of drug-likeness (QED) is 0.837. The maximum Gasteiger partial charge on any atom is 0.260 e. The number of carbonyl (C=O) groups excluding carboxylic acids is 1. The Hall–Kier alpha value is -2.20. The van der Waals surface area contributed by atoms with Gasteiger partial charge < -0.3 is 14.8 Å². The minimum Gasteiger partial charge on any atom is -0.489 e. The van der Waals surface area contributed by atoms with Crippen LogP contribution in [0.4, 0.5) is 0 Å². The molecular weight excluding hydrogens is 314 g/mol. The molecule has 4 nitrogen and oxygen atoms in total. The third-order valence-corrected chi connectivity index (χ3v) is 3.54. The van der Waals surface area contributed by atoms with Gasteiger partial charge in [-0.3, -0.25) is 4.79 Å². The first-order valence-electron chi connectivity index (χ1n) is 7.48. The largest absolute Gasteiger partial charge is 0.489 e. The molecule has 2 rings (SSSR count). The van der Waals surface area contributed by atoms with Crippen LogP contribution in [0.5, 0.6) is 11.5 Å². The standard InChI is InChI=1S/C18H20ClNO3/c1-3-17(18(21)20-2)23-16-9-7-15(8-10-16)22-12-13-5-4-6-14(19)11-13/h4-11,17H,3,12H2,1-2H3,(H,20,21)/t17-/m1/s1. The van der Waals surface area contributed by atoms with Crippen LogP contribution in [0.25, 0.3) is 0 Å². The number of nitrogens with one attached hydrogen (secondary N) is 1. The lowest BCUT2D eigenvalue weighted by molar-refractivity contribution is -0.127. The number of ether oxygens (including phenoxy) is 2. The summed E-state index contributed by atoms with van der Waals surface area (Å²) in [6, 6.07) is 14.8. The Morgan fingerprint density at radius 2 is 1.87 bits per heavy atom. The highest BCUT2D eigenvalue weighted by Crippen LogP contribution is 2.21. The van der Waals surface area contributed by atoms with Crippen LogP contribution in [0.3, 0.4) is 0 Å². The van der Waals surface area contributed by atoms with Gasteiger partial charge in [-0.05, 0) is 48.4 Å². The highest BCUT2D eigenvalue weighted by molar-refractivity contribution is 6.30. The summed E-state index contributed by atoms with van der Waals surface area (Å²) in [6.45, 7) is 2.35. The molecule has 0 aromatic heterocycles. The van der Waals surface area contributed by atoms with E-state index in [4.69, 9.17) is 21.1 Å². The fourth-order valence-corrected chi connectivity index (χ4v) is 2.27. The number of hydrogen-bond donors (Lipinski definition) is 1. The van der Waals surface area contributed by atoms with Gasteiger partial charge in [0.2, 0.25) is 0 Å². The number of likely N-dealkylation sites (N-methyl/N-ethyl adjacent to an activating group) is 1. The predicted molar refractivity (Wildman–Crippen MR) is 91.0 cm³/mol. The molecule has 0 saturated heterocycles. The van der Waals surface area contributed by atoms with Crippen molar-refractivity contribution in [3.8, 4) is 11.5 Å². The number of benzene rings is 2. The Kier molecular flexibility index (Phi) is 6.29. The van der Waals surface area contributed by atoms with Crippen LogP contribution in [-0.2, 0) is 11.4 Å². The summed E-state index contributed by atoms with van der Waals surface area (Å²) in [5.74, 6) is 1.23. The summed E-state index contributed by atoms with van der Waals surface area (Å²) >= 11 is 5.94. The van der Waals surface area contributed by atoms with Gasteiger partial charge in [0.15, 0.2) is 6.10 Å². The Morgan fingerprint density at radius 3 is 2.48 bits per heavy atom. The second-order valence-electron chi connectivity index (χ2n) is 5.02. The molecule has 0 heterocycles. The van der Waals surface area contributed by atoms with Gasteiger partial charge in [0.05, 0.1) is 0 Å². The minimum atomic E-state index is -0.488. The molecule has 122 valence electrons. The van der Waals surface area contributed by atoms with Crippen LogP contribution in [-0.4, -0.2) is 19.1 Å². The second-order valence-corrected chi connectivity index (χ2v) is 5.46. The van der Waals surface area contributed by atoms with Crippen molar-refractivity contribution in [3.63, 3.8) is 0 Å². The monoisotopic (exact) mass is 333 g/mol. The Labute approximate surface area is 141 Å². The molecule has 0 saturated carbocycles. The lowest BCUT2D eigenvalue weighted by Gasteiger charge is -2.16. The van der Waals surface area contributed by atoms with Crippen LogP contribution >= 0.6 is 11.6 Å². The lowest BCUT2D eigenvalue weighted by Crippen LogP contribution is -2.35. The average molecular weight is 334 g/mol. The topological polar surface area (TPSA) is 47.6 Å². The van der Waals surface area contributed by atoms with Gasteiger partial charge >= 0.3 is 0 Å². The van der Waals surface area contributed by atoms with E-state index in [1.165, 1.54) is 0 Å². The van der Waals surface area contributed by atoms with Crippen LogP contribution in [0.1, 0.15) is 18.9 Å². The number of hydrogen-bond acceptors (Lipinski definition) is 3. The van der Waals surface area contributed by atoms with Gasteiger partial charge in [0.1, 0.15) is 18.1 Å². The molecular formula is C18H20ClNO3. The van der Waals surface area contributed by atoms with Gasteiger partial charge in [-0.25, -0.2) is 0 Å². The molecule has 0 fully saturated rings. The van der Waals surface area contributed by atoms with Gasteiger partial charge in [0, 0.05) is 12.1 Å². The lowest BCUT2D eigenvalue weighted by atomic mass is 10.2. The average Bonchev–Trinajstić information content (AvgIpc) is 2.58. The second kappa shape index (κ2) is 8.44. The van der Waals surface area contributed by atoms with Crippen molar-refractivity contribution >= 4 is 17.5 Å². The van der Waals surface area contributed by atoms with Crippen molar-refractivity contribution in [2.24, 2.45) is 0 Å². The molecule has 5 heteroatoms. The van der Waals surface area contributed by atoms with E-state index in [2.05, 4.69) is 5.32 Å². The van der Waals surface area contributed by atoms with Crippen LogP contribution in [0.15, 0.2) is 48.5 Å². The predicted octanol–water partition coefficient (Wildman–Crippen LogP) is 3.82. The molecule has 1 N–H and O–H groups in total. The van der Waals surface area contributed by atoms with Crippen LogP contribution < -0.4 is 14.8 Å². The molecule has 0 unspecified atom stereocenters. The molecule has 0 spiro atoms. The first-order chi connectivity index (χ1) is 11.1. The number of carbonyl (C=O) groups is 1. The fraction of sp³-hybridized carbons (Fsp3) is 0.278. The van der Waals surface area contributed by atoms with Crippen molar-refractivity contribution in [1.29, 1.82) is 0 Å². The summed E-state index contributed by atoms with van der Waals surface area (Å²) in [5, 5.41) is 3.28. The normalized spacial score (nSPS) is 11.6. The van der Waals surface area contributed by atoms with Crippen molar-refractivity contribution in [3.05, 3.63) is 59.1 Å². The van der Waals surface area contributed by atoms with E-state index < -0.39 is 6.10 Å². The van der Waals surface area contributed by atoms with Gasteiger partial charge in [0.25, 0.3) is 5.91 Å². The molecule has 0 aliphatic carbocycles. The molecule has 0 radical (unpaired) electrons. The summed E-state index contributed by atoms with van der Waals surface area (Å²) in [4.78, 5) is 11.6. The minimum absolute atomic E-state index is 0.131. The van der Waals surface area contributed by atoms with Crippen molar-refractivity contribution in [2.75, 3.05) is 7.05 Å². The smallest absolute Gasteiger partial charge is 0.260 e. The first kappa shape index (κ1) is 17.2. The molecule has 1 atom stereocenters. The first-order valence-corrected chi connectivity index (χ1v) is 7.85. The van der Waals surface area contributed by atoms with E-state index in [1.54, 1.807) is 19.2 Å². The molecule has 23 heavy (non-hydrogen) atoms. The van der Waals surface area contributed by atoms with Crippen molar-refractivity contribution in [2.45, 2.75) is 26.1 Å². The molecule has 2 aromatic carbocycles.